The van der Waals surface area contributed by atoms with Gasteiger partial charge in [-0.25, -0.2) is 0 Å². The first-order valence-corrected chi connectivity index (χ1v) is 12.9. The Labute approximate surface area is 213 Å². The topological polar surface area (TPSA) is 9.23 Å². The second kappa shape index (κ2) is 10.3. The number of fused-ring (bicyclic) bond motifs is 6. The summed E-state index contributed by atoms with van der Waals surface area (Å²) in [5.41, 5.74) is 4.21. The Bertz CT molecular complexity index is 1570. The molecule has 0 N–H and O–H groups in total. The molecule has 0 aliphatic heterocycles. The largest absolute Gasteiger partial charge is 0.488 e. The van der Waals surface area contributed by atoms with E-state index in [1.165, 1.54) is 68.3 Å². The molecule has 0 heterocycles. The van der Waals surface area contributed by atoms with E-state index < -0.39 is 0 Å². The first kappa shape index (κ1) is 22.4. The third-order valence-electron chi connectivity index (χ3n) is 7.21. The monoisotopic (exact) mass is 466 g/mol. The van der Waals surface area contributed by atoms with Crippen LogP contribution in [0.1, 0.15) is 29.5 Å². The number of hydrogen-bond acceptors (Lipinski definition) is 1. The highest BCUT2D eigenvalue weighted by molar-refractivity contribution is 6.11. The van der Waals surface area contributed by atoms with Crippen LogP contribution < -0.4 is 4.74 Å². The highest BCUT2D eigenvalue weighted by Crippen LogP contribution is 2.39. The lowest BCUT2D eigenvalue weighted by Gasteiger charge is -2.21. The Morgan fingerprint density at radius 3 is 1.86 bits per heavy atom. The van der Waals surface area contributed by atoms with Gasteiger partial charge in [-0.1, -0.05) is 115 Å². The van der Waals surface area contributed by atoms with Crippen molar-refractivity contribution in [3.05, 3.63) is 138 Å². The molecule has 0 bridgehead atoms. The van der Waals surface area contributed by atoms with E-state index in [-0.39, 0.29) is 0 Å². The summed E-state index contributed by atoms with van der Waals surface area (Å²) in [6, 6.07) is 42.7. The third kappa shape index (κ3) is 4.57. The highest BCUT2D eigenvalue weighted by Gasteiger charge is 2.17. The van der Waals surface area contributed by atoms with E-state index in [0.29, 0.717) is 6.61 Å². The second-order valence-electron chi connectivity index (χ2n) is 9.55. The van der Waals surface area contributed by atoms with Crippen molar-refractivity contribution in [2.45, 2.75) is 32.3 Å². The molecule has 6 aromatic carbocycles. The van der Waals surface area contributed by atoms with Gasteiger partial charge < -0.3 is 4.74 Å². The van der Waals surface area contributed by atoms with Gasteiger partial charge in [0.25, 0.3) is 0 Å². The van der Waals surface area contributed by atoms with E-state index in [2.05, 4.69) is 115 Å². The fraction of sp³-hybridized carbons (Fsp3) is 0.143. The second-order valence-corrected chi connectivity index (χ2v) is 9.55. The van der Waals surface area contributed by atoms with Crippen LogP contribution in [-0.4, -0.2) is 0 Å². The summed E-state index contributed by atoms with van der Waals surface area (Å²) in [6.45, 7) is 0.609. The maximum atomic E-state index is 6.38. The van der Waals surface area contributed by atoms with Gasteiger partial charge in [0.1, 0.15) is 12.4 Å². The van der Waals surface area contributed by atoms with E-state index in [9.17, 15) is 0 Å². The quantitative estimate of drug-likeness (QED) is 0.236. The molecule has 0 aromatic heterocycles. The van der Waals surface area contributed by atoms with E-state index in [4.69, 9.17) is 4.74 Å². The van der Waals surface area contributed by atoms with Crippen molar-refractivity contribution in [1.29, 1.82) is 0 Å². The molecule has 1 nitrogen and oxygen atoms in total. The minimum absolute atomic E-state index is 0.609. The highest BCUT2D eigenvalue weighted by atomic mass is 16.5. The summed E-state index contributed by atoms with van der Waals surface area (Å²) in [7, 11) is 0. The zero-order valence-electron chi connectivity index (χ0n) is 20.5. The molecule has 0 atom stereocenters. The lowest BCUT2D eigenvalue weighted by molar-refractivity contribution is 0.310. The summed E-state index contributed by atoms with van der Waals surface area (Å²) in [5.74, 6) is 1.03. The molecule has 0 fully saturated rings. The summed E-state index contributed by atoms with van der Waals surface area (Å²) in [6.07, 6.45) is 4.92. The zero-order valence-corrected chi connectivity index (χ0v) is 20.5. The van der Waals surface area contributed by atoms with E-state index in [1.807, 2.05) is 6.07 Å². The Balaban J connectivity index is 0.000000200. The molecule has 7 rings (SSSR count). The van der Waals surface area contributed by atoms with Gasteiger partial charge in [-0.2, -0.15) is 0 Å². The Hall–Kier alpha value is -4.10. The maximum Gasteiger partial charge on any atom is 0.128 e. The lowest BCUT2D eigenvalue weighted by atomic mass is 9.86. The summed E-state index contributed by atoms with van der Waals surface area (Å²) in [4.78, 5) is 0. The van der Waals surface area contributed by atoms with Gasteiger partial charge in [0, 0.05) is 5.39 Å². The van der Waals surface area contributed by atoms with E-state index in [1.54, 1.807) is 0 Å². The third-order valence-corrected chi connectivity index (χ3v) is 7.21. The van der Waals surface area contributed by atoms with Crippen LogP contribution in [0.15, 0.2) is 121 Å². The van der Waals surface area contributed by atoms with Crippen molar-refractivity contribution in [3.63, 3.8) is 0 Å². The van der Waals surface area contributed by atoms with E-state index >= 15 is 0 Å². The molecule has 36 heavy (non-hydrogen) atoms. The van der Waals surface area contributed by atoms with Crippen molar-refractivity contribution in [2.24, 2.45) is 0 Å². The first-order valence-electron chi connectivity index (χ1n) is 12.9. The molecule has 0 spiro atoms. The van der Waals surface area contributed by atoms with Crippen LogP contribution in [0.4, 0.5) is 0 Å². The van der Waals surface area contributed by atoms with Crippen molar-refractivity contribution in [2.75, 3.05) is 0 Å². The fourth-order valence-corrected chi connectivity index (χ4v) is 5.40. The summed E-state index contributed by atoms with van der Waals surface area (Å²) in [5, 5.41) is 7.85. The van der Waals surface area contributed by atoms with Crippen molar-refractivity contribution < 1.29 is 4.74 Å². The lowest BCUT2D eigenvalue weighted by Crippen LogP contribution is -2.05. The molecular formula is C35H30O. The molecule has 0 saturated carbocycles. The van der Waals surface area contributed by atoms with Crippen LogP contribution in [0.3, 0.4) is 0 Å². The van der Waals surface area contributed by atoms with Crippen LogP contribution in [0, 0.1) is 0 Å². The maximum absolute atomic E-state index is 6.38. The molecule has 0 radical (unpaired) electrons. The van der Waals surface area contributed by atoms with Crippen LogP contribution >= 0.6 is 0 Å². The minimum atomic E-state index is 0.609. The molecule has 1 aliphatic carbocycles. The molecule has 0 unspecified atom stereocenters. The molecule has 0 amide bonds. The molecule has 1 heteroatoms. The molecule has 0 saturated heterocycles. The fourth-order valence-electron chi connectivity index (χ4n) is 5.40. The number of aryl methyl sites for hydroxylation is 2. The SMILES string of the molecule is c1ccc(COc2cc3ccccc3c3ccc4c(c23)CCCC4)cc1.c1ccc2ccccc2c1. The molecule has 1 aliphatic rings. The van der Waals surface area contributed by atoms with Crippen LogP contribution in [0.5, 0.6) is 5.75 Å². The van der Waals surface area contributed by atoms with Crippen molar-refractivity contribution in [3.8, 4) is 5.75 Å². The van der Waals surface area contributed by atoms with Crippen molar-refractivity contribution >= 4 is 32.3 Å². The standard InChI is InChI=1S/C25H22O.C10H8/c1-2-8-18(9-3-1)17-26-24-16-20-11-5-6-12-21(20)23-15-14-19-10-4-7-13-22(19)25(23)24;1-2-6-10-8-4-3-7-9(10)5-1/h1-3,5-6,8-9,11-12,14-16H,4,7,10,13,17H2;1-8H. The van der Waals surface area contributed by atoms with Gasteiger partial charge in [-0.15, -0.1) is 0 Å². The van der Waals surface area contributed by atoms with Gasteiger partial charge in [-0.05, 0) is 75.4 Å². The number of rotatable bonds is 3. The van der Waals surface area contributed by atoms with Crippen LogP contribution in [-0.2, 0) is 19.4 Å². The van der Waals surface area contributed by atoms with E-state index in [0.717, 1.165) is 12.2 Å². The Kier molecular flexibility index (Phi) is 6.37. The number of hydrogen-bond donors (Lipinski definition) is 0. The minimum Gasteiger partial charge on any atom is -0.488 e. The normalized spacial score (nSPS) is 12.7. The first-order chi connectivity index (χ1) is 17.9. The van der Waals surface area contributed by atoms with Gasteiger partial charge in [-0.3, -0.25) is 0 Å². The molecule has 176 valence electrons. The average Bonchev–Trinajstić information content (AvgIpc) is 2.96. The smallest absolute Gasteiger partial charge is 0.128 e. The van der Waals surface area contributed by atoms with Crippen LogP contribution in [0.2, 0.25) is 0 Å². The predicted molar refractivity (Wildman–Crippen MR) is 153 cm³/mol. The van der Waals surface area contributed by atoms with Crippen molar-refractivity contribution in [1.82, 2.24) is 0 Å². The number of ether oxygens (including phenoxy) is 1. The molecule has 6 aromatic rings. The summed E-state index contributed by atoms with van der Waals surface area (Å²) >= 11 is 0. The molecular weight excluding hydrogens is 436 g/mol. The predicted octanol–water partition coefficient (Wildman–Crippen LogP) is 9.29. The van der Waals surface area contributed by atoms with Crippen LogP contribution in [0.25, 0.3) is 32.3 Å². The Morgan fingerprint density at radius 1 is 0.528 bits per heavy atom. The van der Waals surface area contributed by atoms with Gasteiger partial charge >= 0.3 is 0 Å². The average molecular weight is 467 g/mol. The number of benzene rings is 6. The van der Waals surface area contributed by atoms with Gasteiger partial charge in [0.05, 0.1) is 0 Å². The summed E-state index contributed by atoms with van der Waals surface area (Å²) < 4.78 is 6.38. The Morgan fingerprint density at radius 2 is 1.14 bits per heavy atom. The van der Waals surface area contributed by atoms with Gasteiger partial charge in [0.15, 0.2) is 0 Å². The van der Waals surface area contributed by atoms with Gasteiger partial charge in [0.2, 0.25) is 0 Å². The zero-order chi connectivity index (χ0) is 24.2.